The van der Waals surface area contributed by atoms with Crippen LogP contribution in [0.2, 0.25) is 0 Å². The molecule has 0 radical (unpaired) electrons. The first-order chi connectivity index (χ1) is 13.7. The van der Waals surface area contributed by atoms with Crippen molar-refractivity contribution >= 4 is 11.7 Å². The predicted octanol–water partition coefficient (Wildman–Crippen LogP) is 3.06. The van der Waals surface area contributed by atoms with Crippen LogP contribution < -0.4 is 11.1 Å². The molecule has 1 amide bonds. The molecule has 0 saturated carbocycles. The number of anilines is 1. The van der Waals surface area contributed by atoms with Gasteiger partial charge in [0, 0.05) is 12.7 Å². The monoisotopic (exact) mass is 404 g/mol. The van der Waals surface area contributed by atoms with E-state index < -0.39 is 17.6 Å². The molecule has 3 aromatic rings. The third kappa shape index (κ3) is 4.36. The molecule has 29 heavy (non-hydrogen) atoms. The maximum absolute atomic E-state index is 13.1. The van der Waals surface area contributed by atoms with Gasteiger partial charge < -0.3 is 11.1 Å². The number of halogens is 3. The van der Waals surface area contributed by atoms with Crippen LogP contribution in [0.5, 0.6) is 0 Å². The normalized spacial score (nSPS) is 11.5. The number of amides is 1. The van der Waals surface area contributed by atoms with E-state index in [1.165, 1.54) is 22.9 Å². The highest BCUT2D eigenvalue weighted by Gasteiger charge is 2.33. The highest BCUT2D eigenvalue weighted by atomic mass is 19.4. The molecule has 7 nitrogen and oxygen atoms in total. The molecule has 2 aromatic heterocycles. The zero-order chi connectivity index (χ0) is 21.2. The van der Waals surface area contributed by atoms with Gasteiger partial charge in [-0.3, -0.25) is 4.79 Å². The van der Waals surface area contributed by atoms with Crippen LogP contribution in [-0.4, -0.2) is 25.7 Å². The fourth-order valence-corrected chi connectivity index (χ4v) is 2.80. The van der Waals surface area contributed by atoms with Crippen molar-refractivity contribution in [1.29, 1.82) is 0 Å². The van der Waals surface area contributed by atoms with Gasteiger partial charge in [-0.25, -0.2) is 14.6 Å². The Kier molecular flexibility index (Phi) is 5.53. The standard InChI is InChI=1S/C19H19F3N6O/c1-3-14-17(28-10-11(2)8-25-28)27-16(23)15(26-14)18(29)24-9-12-6-4-5-7-13(12)19(20,21)22/h4-8,10H,3,9H2,1-2H3,(H2,23,27)(H,24,29). The van der Waals surface area contributed by atoms with E-state index in [1.54, 1.807) is 12.4 Å². The molecule has 0 saturated heterocycles. The smallest absolute Gasteiger partial charge is 0.382 e. The molecule has 0 fully saturated rings. The summed E-state index contributed by atoms with van der Waals surface area (Å²) in [6, 6.07) is 5.03. The molecule has 2 heterocycles. The molecule has 0 spiro atoms. The molecule has 0 unspecified atom stereocenters. The summed E-state index contributed by atoms with van der Waals surface area (Å²) >= 11 is 0. The van der Waals surface area contributed by atoms with Crippen molar-refractivity contribution in [2.75, 3.05) is 5.73 Å². The predicted molar refractivity (Wildman–Crippen MR) is 100 cm³/mol. The summed E-state index contributed by atoms with van der Waals surface area (Å²) in [5.74, 6) is -0.436. The molecule has 0 aliphatic carbocycles. The average Bonchev–Trinajstić information content (AvgIpc) is 3.11. The van der Waals surface area contributed by atoms with Gasteiger partial charge in [0.1, 0.15) is 0 Å². The summed E-state index contributed by atoms with van der Waals surface area (Å²) in [5, 5.41) is 6.61. The van der Waals surface area contributed by atoms with Gasteiger partial charge in [-0.05, 0) is 30.5 Å². The molecular formula is C19H19F3N6O. The van der Waals surface area contributed by atoms with Crippen molar-refractivity contribution in [3.05, 3.63) is 64.7 Å². The summed E-state index contributed by atoms with van der Waals surface area (Å²) in [6.45, 7) is 3.38. The summed E-state index contributed by atoms with van der Waals surface area (Å²) in [7, 11) is 0. The number of carbonyl (C=O) groups excluding carboxylic acids is 1. The highest BCUT2D eigenvalue weighted by molar-refractivity contribution is 5.96. The number of aromatic nitrogens is 4. The SMILES string of the molecule is CCc1nc(C(=O)NCc2ccccc2C(F)(F)F)c(N)nc1-n1cc(C)cn1. The second-order valence-corrected chi connectivity index (χ2v) is 6.38. The lowest BCUT2D eigenvalue weighted by Crippen LogP contribution is -2.27. The van der Waals surface area contributed by atoms with E-state index in [0.29, 0.717) is 17.9 Å². The number of nitrogens with two attached hydrogens (primary N) is 1. The lowest BCUT2D eigenvalue weighted by molar-refractivity contribution is -0.138. The van der Waals surface area contributed by atoms with Crippen molar-refractivity contribution < 1.29 is 18.0 Å². The van der Waals surface area contributed by atoms with Crippen LogP contribution >= 0.6 is 0 Å². The van der Waals surface area contributed by atoms with Gasteiger partial charge in [0.2, 0.25) is 0 Å². The van der Waals surface area contributed by atoms with E-state index in [4.69, 9.17) is 5.73 Å². The minimum atomic E-state index is -4.51. The Balaban J connectivity index is 1.85. The van der Waals surface area contributed by atoms with Crippen LogP contribution in [0.4, 0.5) is 19.0 Å². The Morgan fingerprint density at radius 1 is 1.24 bits per heavy atom. The van der Waals surface area contributed by atoms with Crippen molar-refractivity contribution in [3.63, 3.8) is 0 Å². The summed E-state index contributed by atoms with van der Waals surface area (Å²) in [4.78, 5) is 21.0. The quantitative estimate of drug-likeness (QED) is 0.681. The number of benzene rings is 1. The first-order valence-corrected chi connectivity index (χ1v) is 8.82. The van der Waals surface area contributed by atoms with E-state index in [2.05, 4.69) is 20.4 Å². The first kappa shape index (κ1) is 20.3. The largest absolute Gasteiger partial charge is 0.416 e. The molecule has 0 aliphatic heterocycles. The Morgan fingerprint density at radius 3 is 2.59 bits per heavy atom. The minimum Gasteiger partial charge on any atom is -0.382 e. The Morgan fingerprint density at radius 2 is 1.97 bits per heavy atom. The molecular weight excluding hydrogens is 385 g/mol. The number of alkyl halides is 3. The second kappa shape index (κ2) is 7.90. The van der Waals surface area contributed by atoms with Gasteiger partial charge in [0.25, 0.3) is 5.91 Å². The fourth-order valence-electron chi connectivity index (χ4n) is 2.80. The molecule has 0 aliphatic rings. The van der Waals surface area contributed by atoms with E-state index in [1.807, 2.05) is 13.8 Å². The van der Waals surface area contributed by atoms with Gasteiger partial charge in [-0.15, -0.1) is 0 Å². The van der Waals surface area contributed by atoms with E-state index >= 15 is 0 Å². The van der Waals surface area contributed by atoms with Crippen molar-refractivity contribution in [2.45, 2.75) is 33.0 Å². The van der Waals surface area contributed by atoms with E-state index in [-0.39, 0.29) is 23.6 Å². The van der Waals surface area contributed by atoms with Crippen LogP contribution in [0.3, 0.4) is 0 Å². The lowest BCUT2D eigenvalue weighted by atomic mass is 10.1. The number of aryl methyl sites for hydroxylation is 2. The number of nitrogen functional groups attached to an aromatic ring is 1. The van der Waals surface area contributed by atoms with Crippen molar-refractivity contribution in [1.82, 2.24) is 25.1 Å². The van der Waals surface area contributed by atoms with Gasteiger partial charge in [0.05, 0.1) is 17.5 Å². The van der Waals surface area contributed by atoms with Crippen LogP contribution in [0.25, 0.3) is 5.82 Å². The molecule has 0 atom stereocenters. The van der Waals surface area contributed by atoms with Crippen LogP contribution in [0, 0.1) is 6.92 Å². The lowest BCUT2D eigenvalue weighted by Gasteiger charge is -2.14. The van der Waals surface area contributed by atoms with Gasteiger partial charge >= 0.3 is 6.18 Å². The Bertz CT molecular complexity index is 1040. The van der Waals surface area contributed by atoms with Gasteiger partial charge in [-0.2, -0.15) is 18.3 Å². The number of nitrogens with zero attached hydrogens (tertiary/aromatic N) is 4. The number of hydrogen-bond donors (Lipinski definition) is 2. The van der Waals surface area contributed by atoms with Crippen LogP contribution in [-0.2, 0) is 19.1 Å². The number of rotatable bonds is 5. The molecule has 1 aromatic carbocycles. The summed E-state index contributed by atoms with van der Waals surface area (Å²) < 4.78 is 40.8. The van der Waals surface area contributed by atoms with Gasteiger partial charge in [-0.1, -0.05) is 25.1 Å². The van der Waals surface area contributed by atoms with Crippen molar-refractivity contribution in [2.24, 2.45) is 0 Å². The first-order valence-electron chi connectivity index (χ1n) is 8.82. The molecule has 152 valence electrons. The van der Waals surface area contributed by atoms with E-state index in [9.17, 15) is 18.0 Å². The zero-order valence-electron chi connectivity index (χ0n) is 15.8. The molecule has 3 rings (SSSR count). The fraction of sp³-hybridized carbons (Fsp3) is 0.263. The van der Waals surface area contributed by atoms with Crippen LogP contribution in [0.15, 0.2) is 36.7 Å². The average molecular weight is 404 g/mol. The number of carbonyl (C=O) groups is 1. The Labute approximate surface area is 164 Å². The maximum atomic E-state index is 13.1. The molecule has 0 bridgehead atoms. The third-order valence-electron chi connectivity index (χ3n) is 4.21. The minimum absolute atomic E-state index is 0.0563. The number of hydrogen-bond acceptors (Lipinski definition) is 5. The highest BCUT2D eigenvalue weighted by Crippen LogP contribution is 2.31. The van der Waals surface area contributed by atoms with E-state index in [0.717, 1.165) is 11.6 Å². The molecule has 10 heteroatoms. The summed E-state index contributed by atoms with van der Waals surface area (Å²) in [5.41, 5.74) is 6.30. The van der Waals surface area contributed by atoms with Gasteiger partial charge in [0.15, 0.2) is 17.3 Å². The topological polar surface area (TPSA) is 98.7 Å². The summed E-state index contributed by atoms with van der Waals surface area (Å²) in [6.07, 6.45) is -0.662. The van der Waals surface area contributed by atoms with Crippen molar-refractivity contribution in [3.8, 4) is 5.82 Å². The Hall–Kier alpha value is -3.43. The zero-order valence-corrected chi connectivity index (χ0v) is 15.8. The molecule has 3 N–H and O–H groups in total. The third-order valence-corrected chi connectivity index (χ3v) is 4.21. The second-order valence-electron chi connectivity index (χ2n) is 6.38. The maximum Gasteiger partial charge on any atom is 0.416 e. The van der Waals surface area contributed by atoms with Crippen LogP contribution in [0.1, 0.15) is 39.8 Å². The number of nitrogens with one attached hydrogen (secondary N) is 1.